The molecule has 3 N–H and O–H groups in total. The van der Waals surface area contributed by atoms with Crippen molar-refractivity contribution in [2.75, 3.05) is 31.7 Å². The number of carbonyl (C=O) groups is 1. The van der Waals surface area contributed by atoms with Crippen LogP contribution in [0.1, 0.15) is 4.88 Å². The van der Waals surface area contributed by atoms with Crippen molar-refractivity contribution in [2.24, 2.45) is 0 Å². The van der Waals surface area contributed by atoms with Crippen molar-refractivity contribution in [3.63, 3.8) is 0 Å². The van der Waals surface area contributed by atoms with Crippen molar-refractivity contribution in [2.45, 2.75) is 6.92 Å². The summed E-state index contributed by atoms with van der Waals surface area (Å²) in [6.07, 6.45) is 0. The Hall–Kier alpha value is -1.99. The quantitative estimate of drug-likeness (QED) is 0.909. The van der Waals surface area contributed by atoms with E-state index in [1.54, 1.807) is 25.1 Å². The first-order valence-electron chi connectivity index (χ1n) is 6.34. The van der Waals surface area contributed by atoms with Gasteiger partial charge in [-0.15, -0.1) is 11.3 Å². The molecular weight excluding hydrogens is 291 g/mol. The number of halogens is 1. The van der Waals surface area contributed by atoms with Gasteiger partial charge in [-0.1, -0.05) is 6.07 Å². The van der Waals surface area contributed by atoms with Gasteiger partial charge in [-0.05, 0) is 33.2 Å². The number of anilines is 2. The molecule has 112 valence electrons. The Morgan fingerprint density at radius 2 is 2.19 bits per heavy atom. The Morgan fingerprint density at radius 1 is 1.48 bits per heavy atom. The Bertz CT molecular complexity index is 669. The van der Waals surface area contributed by atoms with Gasteiger partial charge in [-0.2, -0.15) is 0 Å². The zero-order chi connectivity index (χ0) is 15.6. The minimum Gasteiger partial charge on any atom is -0.375 e. The number of aryl methyl sites for hydroxylation is 1. The zero-order valence-corrected chi connectivity index (χ0v) is 12.9. The molecule has 0 saturated heterocycles. The smallest absolute Gasteiger partial charge is 0.238 e. The number of amides is 1. The third-order valence-corrected chi connectivity index (χ3v) is 3.59. The predicted octanol–water partition coefficient (Wildman–Crippen LogP) is 2.34. The fourth-order valence-corrected chi connectivity index (χ4v) is 2.64. The number of hydrogen-bond acceptors (Lipinski definition) is 5. The Labute approximate surface area is 126 Å². The van der Waals surface area contributed by atoms with Crippen LogP contribution in [0.4, 0.5) is 15.2 Å². The Balaban J connectivity index is 2.22. The first-order chi connectivity index (χ1) is 9.86. The fraction of sp³-hybridized carbons (Fsp3) is 0.286. The second-order valence-corrected chi connectivity index (χ2v) is 6.17. The van der Waals surface area contributed by atoms with Crippen LogP contribution >= 0.6 is 11.3 Å². The number of likely N-dealkylation sites (N-methyl/N-ethyl adjacent to an activating group) is 1. The number of rotatable bonds is 4. The number of nitrogen functional groups attached to an aromatic ring is 1. The molecule has 1 heterocycles. The maximum Gasteiger partial charge on any atom is 0.238 e. The van der Waals surface area contributed by atoms with E-state index in [2.05, 4.69) is 10.3 Å². The van der Waals surface area contributed by atoms with Crippen LogP contribution in [0.5, 0.6) is 0 Å². The average molecular weight is 308 g/mol. The van der Waals surface area contributed by atoms with Crippen molar-refractivity contribution in [3.8, 4) is 11.3 Å². The number of hydrogen-bond donors (Lipinski definition) is 2. The zero-order valence-electron chi connectivity index (χ0n) is 12.1. The summed E-state index contributed by atoms with van der Waals surface area (Å²) in [5.41, 5.74) is 7.12. The summed E-state index contributed by atoms with van der Waals surface area (Å²) in [5, 5.41) is 2.99. The molecule has 2 rings (SSSR count). The molecule has 0 aliphatic heterocycles. The van der Waals surface area contributed by atoms with Crippen LogP contribution in [0.25, 0.3) is 11.3 Å². The summed E-state index contributed by atoms with van der Waals surface area (Å²) in [6.45, 7) is 2.08. The molecule has 1 aromatic heterocycles. The van der Waals surface area contributed by atoms with Crippen LogP contribution in [-0.4, -0.2) is 36.4 Å². The molecule has 0 unspecified atom stereocenters. The van der Waals surface area contributed by atoms with Crippen LogP contribution in [-0.2, 0) is 4.79 Å². The molecule has 0 aliphatic carbocycles. The van der Waals surface area contributed by atoms with Gasteiger partial charge in [-0.3, -0.25) is 4.79 Å². The van der Waals surface area contributed by atoms with Crippen molar-refractivity contribution >= 4 is 28.1 Å². The molecule has 0 spiro atoms. The largest absolute Gasteiger partial charge is 0.375 e. The minimum absolute atomic E-state index is 0.159. The SMILES string of the molecule is Cc1sc(N)nc1-c1ccc(NC(=O)CN(C)C)c(F)c1. The molecule has 1 amide bonds. The second-order valence-electron chi connectivity index (χ2n) is 4.94. The number of nitrogens with zero attached hydrogens (tertiary/aromatic N) is 2. The third kappa shape index (κ3) is 3.77. The highest BCUT2D eigenvalue weighted by Gasteiger charge is 2.12. The Kier molecular flexibility index (Phi) is 4.54. The molecule has 7 heteroatoms. The van der Waals surface area contributed by atoms with E-state index in [0.717, 1.165) is 4.88 Å². The van der Waals surface area contributed by atoms with E-state index in [4.69, 9.17) is 5.73 Å². The van der Waals surface area contributed by atoms with Crippen LogP contribution < -0.4 is 11.1 Å². The van der Waals surface area contributed by atoms with Crippen molar-refractivity contribution in [3.05, 3.63) is 28.9 Å². The summed E-state index contributed by atoms with van der Waals surface area (Å²) in [4.78, 5) is 18.5. The van der Waals surface area contributed by atoms with Crippen LogP contribution in [0.15, 0.2) is 18.2 Å². The summed E-state index contributed by atoms with van der Waals surface area (Å²) >= 11 is 1.36. The lowest BCUT2D eigenvalue weighted by atomic mass is 10.1. The van der Waals surface area contributed by atoms with Gasteiger partial charge in [-0.25, -0.2) is 9.37 Å². The molecular formula is C14H17FN4OS. The van der Waals surface area contributed by atoms with Gasteiger partial charge in [0, 0.05) is 10.4 Å². The normalized spacial score (nSPS) is 10.9. The highest BCUT2D eigenvalue weighted by Crippen LogP contribution is 2.30. The molecule has 0 atom stereocenters. The van der Waals surface area contributed by atoms with Crippen LogP contribution in [0.3, 0.4) is 0 Å². The third-order valence-electron chi connectivity index (χ3n) is 2.79. The number of carbonyl (C=O) groups excluding carboxylic acids is 1. The number of benzene rings is 1. The van der Waals surface area contributed by atoms with Crippen LogP contribution in [0.2, 0.25) is 0 Å². The van der Waals surface area contributed by atoms with E-state index in [1.165, 1.54) is 23.5 Å². The summed E-state index contributed by atoms with van der Waals surface area (Å²) in [6, 6.07) is 4.61. The van der Waals surface area contributed by atoms with E-state index in [-0.39, 0.29) is 18.1 Å². The highest BCUT2D eigenvalue weighted by atomic mass is 32.1. The summed E-state index contributed by atoms with van der Waals surface area (Å²) in [5.74, 6) is -0.758. The maximum absolute atomic E-state index is 14.1. The van der Waals surface area contributed by atoms with Gasteiger partial charge < -0.3 is 16.0 Å². The lowest BCUT2D eigenvalue weighted by Crippen LogP contribution is -2.27. The summed E-state index contributed by atoms with van der Waals surface area (Å²) < 4.78 is 14.1. The van der Waals surface area contributed by atoms with Crippen molar-refractivity contribution in [1.29, 1.82) is 0 Å². The molecule has 0 radical (unpaired) electrons. The van der Waals surface area contributed by atoms with Gasteiger partial charge in [0.1, 0.15) is 5.82 Å². The first-order valence-corrected chi connectivity index (χ1v) is 7.16. The number of aromatic nitrogens is 1. The standard InChI is InChI=1S/C14H17FN4OS/c1-8-13(18-14(16)21-8)9-4-5-11(10(15)6-9)17-12(20)7-19(2)3/h4-6H,7H2,1-3H3,(H2,16,18)(H,17,20). The molecule has 0 aliphatic rings. The topological polar surface area (TPSA) is 71.2 Å². The molecule has 21 heavy (non-hydrogen) atoms. The molecule has 5 nitrogen and oxygen atoms in total. The van der Waals surface area contributed by atoms with E-state index in [1.807, 2.05) is 6.92 Å². The first kappa shape index (κ1) is 15.4. The number of nitrogens with one attached hydrogen (secondary N) is 1. The van der Waals surface area contributed by atoms with E-state index >= 15 is 0 Å². The van der Waals surface area contributed by atoms with Gasteiger partial charge in [0.05, 0.1) is 17.9 Å². The van der Waals surface area contributed by atoms with Gasteiger partial charge in [0.15, 0.2) is 5.13 Å². The van der Waals surface area contributed by atoms with Gasteiger partial charge in [0.2, 0.25) is 5.91 Å². The minimum atomic E-state index is -0.495. The van der Waals surface area contributed by atoms with E-state index < -0.39 is 5.82 Å². The predicted molar refractivity (Wildman–Crippen MR) is 83.8 cm³/mol. The number of thiazole rings is 1. The maximum atomic E-state index is 14.1. The number of nitrogens with two attached hydrogens (primary N) is 1. The van der Waals surface area contributed by atoms with Gasteiger partial charge in [0.25, 0.3) is 0 Å². The molecule has 0 fully saturated rings. The van der Waals surface area contributed by atoms with Crippen molar-refractivity contribution in [1.82, 2.24) is 9.88 Å². The van der Waals surface area contributed by atoms with E-state index in [9.17, 15) is 9.18 Å². The highest BCUT2D eigenvalue weighted by molar-refractivity contribution is 7.15. The van der Waals surface area contributed by atoms with Gasteiger partial charge >= 0.3 is 0 Å². The van der Waals surface area contributed by atoms with Crippen molar-refractivity contribution < 1.29 is 9.18 Å². The summed E-state index contributed by atoms with van der Waals surface area (Å²) in [7, 11) is 3.54. The molecule has 0 bridgehead atoms. The van der Waals surface area contributed by atoms with E-state index in [0.29, 0.717) is 16.4 Å². The molecule has 1 aromatic carbocycles. The second kappa shape index (κ2) is 6.19. The fourth-order valence-electron chi connectivity index (χ4n) is 1.93. The Morgan fingerprint density at radius 3 is 2.71 bits per heavy atom. The van der Waals surface area contributed by atoms with Crippen LogP contribution in [0, 0.1) is 12.7 Å². The molecule has 0 saturated carbocycles. The molecule has 2 aromatic rings. The lowest BCUT2D eigenvalue weighted by molar-refractivity contribution is -0.116. The average Bonchev–Trinajstić information content (AvgIpc) is 2.70. The lowest BCUT2D eigenvalue weighted by Gasteiger charge is -2.11. The monoisotopic (exact) mass is 308 g/mol.